The van der Waals surface area contributed by atoms with Crippen LogP contribution in [0, 0.1) is 0 Å². The highest BCUT2D eigenvalue weighted by Crippen LogP contribution is 2.45. The Hall–Kier alpha value is -1.63. The van der Waals surface area contributed by atoms with Gasteiger partial charge in [-0.3, -0.25) is 0 Å². The van der Waals surface area contributed by atoms with E-state index < -0.39 is 34.3 Å². The molecular weight excluding hydrogens is 410 g/mol. The molecule has 0 saturated carbocycles. The highest BCUT2D eigenvalue weighted by Gasteiger charge is 2.38. The second kappa shape index (κ2) is 7.56. The summed E-state index contributed by atoms with van der Waals surface area (Å²) >= 11 is 0.493. The largest absolute Gasteiger partial charge is 0.417 e. The molecule has 0 atom stereocenters. The Morgan fingerprint density at radius 3 is 1.10 bits per heavy atom. The molecule has 7 heteroatoms. The average Bonchev–Trinajstić information content (AvgIpc) is 2.51. The van der Waals surface area contributed by atoms with Gasteiger partial charge in [-0.1, -0.05) is 65.4 Å². The standard InChI is InChI=1S/C22H24F6S/c1-19(2,3)13-7-9-17(15(11-13)21(23,24)25)29-18-10-8-14(20(4,5)6)12-16(18)22(26,27)28/h7-12H,1-6H3. The minimum atomic E-state index is -4.67. The molecule has 0 saturated heterocycles. The average molecular weight is 434 g/mol. The number of hydrogen-bond acceptors (Lipinski definition) is 1. The second-order valence-electron chi connectivity index (χ2n) is 9.02. The quantitative estimate of drug-likeness (QED) is 0.427. The first-order valence-corrected chi connectivity index (χ1v) is 9.83. The van der Waals surface area contributed by atoms with Gasteiger partial charge in [-0.15, -0.1) is 0 Å². The number of hydrogen-bond donors (Lipinski definition) is 0. The van der Waals surface area contributed by atoms with Gasteiger partial charge in [0.05, 0.1) is 11.1 Å². The maximum absolute atomic E-state index is 13.6. The van der Waals surface area contributed by atoms with Gasteiger partial charge in [-0.25, -0.2) is 0 Å². The van der Waals surface area contributed by atoms with E-state index in [4.69, 9.17) is 0 Å². The van der Waals surface area contributed by atoms with E-state index >= 15 is 0 Å². The fraction of sp³-hybridized carbons (Fsp3) is 0.455. The highest BCUT2D eigenvalue weighted by molar-refractivity contribution is 7.99. The molecule has 0 aliphatic carbocycles. The van der Waals surface area contributed by atoms with Crippen LogP contribution in [0.15, 0.2) is 46.2 Å². The predicted octanol–water partition coefficient (Wildman–Crippen LogP) is 8.47. The van der Waals surface area contributed by atoms with Gasteiger partial charge in [0.2, 0.25) is 0 Å². The van der Waals surface area contributed by atoms with Gasteiger partial charge < -0.3 is 0 Å². The van der Waals surface area contributed by atoms with Crippen molar-refractivity contribution in [3.63, 3.8) is 0 Å². The van der Waals surface area contributed by atoms with Crippen LogP contribution in [0.4, 0.5) is 26.3 Å². The summed E-state index contributed by atoms with van der Waals surface area (Å²) in [6, 6.07) is 7.64. The Labute approximate surface area is 171 Å². The monoisotopic (exact) mass is 434 g/mol. The summed E-state index contributed by atoms with van der Waals surface area (Å²) in [7, 11) is 0. The van der Waals surface area contributed by atoms with Gasteiger partial charge in [-0.2, -0.15) is 26.3 Å². The van der Waals surface area contributed by atoms with Crippen LogP contribution in [0.1, 0.15) is 63.8 Å². The van der Waals surface area contributed by atoms with Crippen molar-refractivity contribution in [1.82, 2.24) is 0 Å². The lowest BCUT2D eigenvalue weighted by Gasteiger charge is -2.24. The molecule has 0 nitrogen and oxygen atoms in total. The number of benzene rings is 2. The van der Waals surface area contributed by atoms with Crippen molar-refractivity contribution in [2.45, 2.75) is 74.5 Å². The van der Waals surface area contributed by atoms with Crippen LogP contribution in [0.2, 0.25) is 0 Å². The van der Waals surface area contributed by atoms with Crippen LogP contribution >= 0.6 is 11.8 Å². The third kappa shape index (κ3) is 5.71. The maximum atomic E-state index is 13.6. The van der Waals surface area contributed by atoms with E-state index in [0.717, 1.165) is 12.1 Å². The Kier molecular flexibility index (Phi) is 6.17. The molecule has 0 aromatic heterocycles. The molecule has 0 spiro atoms. The van der Waals surface area contributed by atoms with Crippen LogP contribution in [-0.4, -0.2) is 0 Å². The summed E-state index contributed by atoms with van der Waals surface area (Å²) in [6.45, 7) is 10.7. The minimum absolute atomic E-state index is 0.250. The molecule has 2 aromatic carbocycles. The Balaban J connectivity index is 2.62. The lowest BCUT2D eigenvalue weighted by molar-refractivity contribution is -0.140. The van der Waals surface area contributed by atoms with E-state index in [2.05, 4.69) is 0 Å². The normalized spacial score (nSPS) is 13.7. The smallest absolute Gasteiger partial charge is 0.166 e. The van der Waals surface area contributed by atoms with E-state index in [1.54, 1.807) is 41.5 Å². The van der Waals surface area contributed by atoms with Gasteiger partial charge in [0, 0.05) is 9.79 Å². The van der Waals surface area contributed by atoms with Gasteiger partial charge >= 0.3 is 12.4 Å². The lowest BCUT2D eigenvalue weighted by atomic mass is 9.86. The first-order chi connectivity index (χ1) is 12.9. The predicted molar refractivity (Wildman–Crippen MR) is 104 cm³/mol. The lowest BCUT2D eigenvalue weighted by Crippen LogP contribution is -2.16. The van der Waals surface area contributed by atoms with Crippen molar-refractivity contribution in [2.75, 3.05) is 0 Å². The van der Waals surface area contributed by atoms with Crippen LogP contribution in [0.5, 0.6) is 0 Å². The molecule has 0 N–H and O–H groups in total. The van der Waals surface area contributed by atoms with Crippen LogP contribution in [-0.2, 0) is 23.2 Å². The first-order valence-electron chi connectivity index (χ1n) is 9.02. The molecule has 2 aromatic rings. The van der Waals surface area contributed by atoms with Crippen molar-refractivity contribution < 1.29 is 26.3 Å². The molecule has 0 aliphatic rings. The summed E-state index contributed by atoms with van der Waals surface area (Å²) in [4.78, 5) is -0.501. The zero-order valence-corrected chi connectivity index (χ0v) is 18.0. The van der Waals surface area contributed by atoms with Gasteiger partial charge in [-0.05, 0) is 46.2 Å². The van der Waals surface area contributed by atoms with Gasteiger partial charge in [0.1, 0.15) is 0 Å². The fourth-order valence-corrected chi connectivity index (χ4v) is 3.81. The molecule has 0 bridgehead atoms. The first kappa shape index (κ1) is 23.6. The third-order valence-electron chi connectivity index (χ3n) is 4.52. The summed E-state index contributed by atoms with van der Waals surface area (Å²) < 4.78 is 81.8. The topological polar surface area (TPSA) is 0 Å². The molecular formula is C22H24F6S. The van der Waals surface area contributed by atoms with Gasteiger partial charge in [0.25, 0.3) is 0 Å². The molecule has 0 unspecified atom stereocenters. The summed E-state index contributed by atoms with van der Waals surface area (Å²) in [5.74, 6) is 0. The zero-order chi connectivity index (χ0) is 22.4. The van der Waals surface area contributed by atoms with E-state index in [0.29, 0.717) is 22.9 Å². The molecule has 0 aliphatic heterocycles. The summed E-state index contributed by atoms with van der Waals surface area (Å²) in [6.07, 6.45) is -9.35. The molecule has 160 valence electrons. The minimum Gasteiger partial charge on any atom is -0.166 e. The molecule has 0 radical (unpaired) electrons. The Morgan fingerprint density at radius 2 is 0.862 bits per heavy atom. The van der Waals surface area contributed by atoms with E-state index in [9.17, 15) is 26.3 Å². The van der Waals surface area contributed by atoms with Crippen molar-refractivity contribution in [1.29, 1.82) is 0 Å². The van der Waals surface area contributed by atoms with E-state index in [-0.39, 0.29) is 9.79 Å². The SMILES string of the molecule is CC(C)(C)c1ccc(Sc2ccc(C(C)(C)C)cc2C(F)(F)F)c(C(F)(F)F)c1. The van der Waals surface area contributed by atoms with Gasteiger partial charge in [0.15, 0.2) is 0 Å². The number of rotatable bonds is 2. The van der Waals surface area contributed by atoms with E-state index in [1.807, 2.05) is 0 Å². The molecule has 2 rings (SSSR count). The second-order valence-corrected chi connectivity index (χ2v) is 10.1. The van der Waals surface area contributed by atoms with Crippen LogP contribution in [0.3, 0.4) is 0 Å². The molecule has 0 fully saturated rings. The van der Waals surface area contributed by atoms with Crippen LogP contribution in [0.25, 0.3) is 0 Å². The van der Waals surface area contributed by atoms with Crippen LogP contribution < -0.4 is 0 Å². The molecule has 29 heavy (non-hydrogen) atoms. The fourth-order valence-electron chi connectivity index (χ4n) is 2.73. The number of alkyl halides is 6. The molecule has 0 amide bonds. The van der Waals surface area contributed by atoms with Crippen molar-refractivity contribution in [3.8, 4) is 0 Å². The zero-order valence-electron chi connectivity index (χ0n) is 17.1. The Morgan fingerprint density at radius 1 is 0.552 bits per heavy atom. The highest BCUT2D eigenvalue weighted by atomic mass is 32.2. The van der Waals surface area contributed by atoms with Crippen molar-refractivity contribution >= 4 is 11.8 Å². The molecule has 0 heterocycles. The van der Waals surface area contributed by atoms with E-state index in [1.165, 1.54) is 24.3 Å². The third-order valence-corrected chi connectivity index (χ3v) is 5.67. The number of halogens is 6. The van der Waals surface area contributed by atoms with Crippen molar-refractivity contribution in [3.05, 3.63) is 58.7 Å². The summed E-state index contributed by atoms with van der Waals surface area (Å²) in [5.41, 5.74) is -1.96. The Bertz CT molecular complexity index is 807. The van der Waals surface area contributed by atoms with Crippen molar-refractivity contribution in [2.24, 2.45) is 0 Å². The maximum Gasteiger partial charge on any atom is 0.417 e. The summed E-state index contributed by atoms with van der Waals surface area (Å²) in [5, 5.41) is 0.